The van der Waals surface area contributed by atoms with Crippen molar-refractivity contribution in [1.82, 2.24) is 9.88 Å². The van der Waals surface area contributed by atoms with Crippen molar-refractivity contribution in [1.29, 1.82) is 0 Å². The van der Waals surface area contributed by atoms with E-state index in [0.717, 1.165) is 42.5 Å². The van der Waals surface area contributed by atoms with Crippen LogP contribution in [0.2, 0.25) is 0 Å². The molecule has 4 nitrogen and oxygen atoms in total. The maximum atomic E-state index is 12.1. The Morgan fingerprint density at radius 3 is 2.81 bits per heavy atom. The summed E-state index contributed by atoms with van der Waals surface area (Å²) >= 11 is 0. The molecule has 0 bridgehead atoms. The predicted molar refractivity (Wildman–Crippen MR) is 85.3 cm³/mol. The minimum atomic E-state index is 0.252. The van der Waals surface area contributed by atoms with E-state index in [-0.39, 0.29) is 5.91 Å². The van der Waals surface area contributed by atoms with Crippen molar-refractivity contribution in [2.75, 3.05) is 25.0 Å². The van der Waals surface area contributed by atoms with Gasteiger partial charge in [-0.15, -0.1) is 0 Å². The van der Waals surface area contributed by atoms with Gasteiger partial charge in [-0.2, -0.15) is 0 Å². The Kier molecular flexibility index (Phi) is 4.34. The first-order chi connectivity index (χ1) is 10.3. The number of pyridine rings is 1. The third-order valence-electron chi connectivity index (χ3n) is 4.01. The highest BCUT2D eigenvalue weighted by molar-refractivity contribution is 5.91. The van der Waals surface area contributed by atoms with Gasteiger partial charge in [0.2, 0.25) is 5.91 Å². The van der Waals surface area contributed by atoms with Crippen LogP contribution < -0.4 is 5.32 Å². The lowest BCUT2D eigenvalue weighted by Crippen LogP contribution is -2.36. The number of aromatic nitrogens is 1. The third kappa shape index (κ3) is 3.32. The quantitative estimate of drug-likeness (QED) is 0.938. The molecule has 3 rings (SSSR count). The van der Waals surface area contributed by atoms with Gasteiger partial charge in [0.25, 0.3) is 0 Å². The second-order valence-corrected chi connectivity index (χ2v) is 5.50. The average molecular weight is 283 g/mol. The molecule has 0 atom stereocenters. The smallest absolute Gasteiger partial charge is 0.224 e. The van der Waals surface area contributed by atoms with Crippen LogP contribution in [0.15, 0.2) is 36.5 Å². The maximum Gasteiger partial charge on any atom is 0.224 e. The number of hydrogen-bond acceptors (Lipinski definition) is 3. The van der Waals surface area contributed by atoms with Crippen LogP contribution in [0.5, 0.6) is 0 Å². The molecule has 0 aliphatic carbocycles. The van der Waals surface area contributed by atoms with Crippen molar-refractivity contribution in [3.8, 4) is 0 Å². The first kappa shape index (κ1) is 13.9. The molecule has 2 heterocycles. The second kappa shape index (κ2) is 6.57. The summed E-state index contributed by atoms with van der Waals surface area (Å²) in [6, 6.07) is 10.2. The summed E-state index contributed by atoms with van der Waals surface area (Å²) in [5, 5.41) is 5.57. The topological polar surface area (TPSA) is 45.2 Å². The van der Waals surface area contributed by atoms with E-state index in [9.17, 15) is 4.79 Å². The van der Waals surface area contributed by atoms with Crippen molar-refractivity contribution < 1.29 is 4.79 Å². The molecule has 1 saturated heterocycles. The van der Waals surface area contributed by atoms with E-state index in [1.165, 1.54) is 6.42 Å². The Morgan fingerprint density at radius 1 is 1.14 bits per heavy atom. The number of likely N-dealkylation sites (tertiary alicyclic amines) is 1. The number of piperidine rings is 1. The van der Waals surface area contributed by atoms with E-state index >= 15 is 0 Å². The molecule has 110 valence electrons. The van der Waals surface area contributed by atoms with Crippen LogP contribution in [0.1, 0.15) is 25.7 Å². The van der Waals surface area contributed by atoms with Crippen LogP contribution in [0, 0.1) is 0 Å². The molecule has 0 saturated carbocycles. The number of rotatable bonds is 4. The lowest BCUT2D eigenvalue weighted by molar-refractivity contribution is -0.131. The summed E-state index contributed by atoms with van der Waals surface area (Å²) in [7, 11) is 0. The minimum Gasteiger partial charge on any atom is -0.369 e. The number of amides is 1. The van der Waals surface area contributed by atoms with Crippen molar-refractivity contribution in [3.05, 3.63) is 36.5 Å². The minimum absolute atomic E-state index is 0.252. The first-order valence-electron chi connectivity index (χ1n) is 7.70. The SMILES string of the molecule is O=C(CCNc1nccc2ccccc12)N1CCCCC1. The first-order valence-corrected chi connectivity index (χ1v) is 7.70. The summed E-state index contributed by atoms with van der Waals surface area (Å²) in [6.07, 6.45) is 5.87. The zero-order valence-corrected chi connectivity index (χ0v) is 12.2. The van der Waals surface area contributed by atoms with Gasteiger partial charge in [-0.1, -0.05) is 24.3 Å². The fourth-order valence-electron chi connectivity index (χ4n) is 2.85. The van der Waals surface area contributed by atoms with Crippen molar-refractivity contribution in [2.24, 2.45) is 0 Å². The Bertz CT molecular complexity index is 615. The summed E-state index contributed by atoms with van der Waals surface area (Å²) in [4.78, 5) is 18.5. The lowest BCUT2D eigenvalue weighted by atomic mass is 10.1. The van der Waals surface area contributed by atoms with Crippen LogP contribution >= 0.6 is 0 Å². The Balaban J connectivity index is 1.58. The van der Waals surface area contributed by atoms with Gasteiger partial charge in [0.15, 0.2) is 0 Å². The van der Waals surface area contributed by atoms with Gasteiger partial charge in [-0.3, -0.25) is 4.79 Å². The van der Waals surface area contributed by atoms with Crippen molar-refractivity contribution >= 4 is 22.5 Å². The molecule has 4 heteroatoms. The van der Waals surface area contributed by atoms with E-state index in [0.29, 0.717) is 13.0 Å². The molecule has 1 aliphatic rings. The summed E-state index contributed by atoms with van der Waals surface area (Å²) < 4.78 is 0. The van der Waals surface area contributed by atoms with Gasteiger partial charge >= 0.3 is 0 Å². The van der Waals surface area contributed by atoms with Gasteiger partial charge in [0.1, 0.15) is 5.82 Å². The molecule has 1 N–H and O–H groups in total. The normalized spacial score (nSPS) is 15.1. The summed E-state index contributed by atoms with van der Waals surface area (Å²) in [5.41, 5.74) is 0. The Labute approximate surface area is 125 Å². The van der Waals surface area contributed by atoms with Crippen LogP contribution in [-0.4, -0.2) is 35.4 Å². The Hall–Kier alpha value is -2.10. The number of benzene rings is 1. The number of anilines is 1. The number of carbonyl (C=O) groups excluding carboxylic acids is 1. The zero-order valence-electron chi connectivity index (χ0n) is 12.2. The zero-order chi connectivity index (χ0) is 14.5. The summed E-state index contributed by atoms with van der Waals surface area (Å²) in [6.45, 7) is 2.48. The largest absolute Gasteiger partial charge is 0.369 e. The second-order valence-electron chi connectivity index (χ2n) is 5.50. The van der Waals surface area contributed by atoms with Gasteiger partial charge < -0.3 is 10.2 Å². The highest BCUT2D eigenvalue weighted by Gasteiger charge is 2.15. The molecule has 1 aromatic carbocycles. The van der Waals surface area contributed by atoms with Crippen molar-refractivity contribution in [2.45, 2.75) is 25.7 Å². The van der Waals surface area contributed by atoms with E-state index < -0.39 is 0 Å². The number of fused-ring (bicyclic) bond motifs is 1. The van der Waals surface area contributed by atoms with Gasteiger partial charge in [0.05, 0.1) is 0 Å². The fraction of sp³-hybridized carbons (Fsp3) is 0.412. The number of nitrogens with one attached hydrogen (secondary N) is 1. The molecule has 0 spiro atoms. The summed E-state index contributed by atoms with van der Waals surface area (Å²) in [5.74, 6) is 1.11. The molecule has 21 heavy (non-hydrogen) atoms. The maximum absolute atomic E-state index is 12.1. The number of nitrogens with zero attached hydrogens (tertiary/aromatic N) is 2. The third-order valence-corrected chi connectivity index (χ3v) is 4.01. The van der Waals surface area contributed by atoms with Gasteiger partial charge in [-0.25, -0.2) is 4.98 Å². The predicted octanol–water partition coefficient (Wildman–Crippen LogP) is 3.05. The van der Waals surface area contributed by atoms with Gasteiger partial charge in [-0.05, 0) is 30.7 Å². The van der Waals surface area contributed by atoms with Crippen LogP contribution in [0.4, 0.5) is 5.82 Å². The molecule has 0 unspecified atom stereocenters. The number of carbonyl (C=O) groups is 1. The van der Waals surface area contributed by atoms with Gasteiger partial charge in [0, 0.05) is 37.6 Å². The monoisotopic (exact) mass is 283 g/mol. The highest BCUT2D eigenvalue weighted by Crippen LogP contribution is 2.20. The van der Waals surface area contributed by atoms with Crippen LogP contribution in [0.3, 0.4) is 0 Å². The Morgan fingerprint density at radius 2 is 1.95 bits per heavy atom. The van der Waals surface area contributed by atoms with Crippen LogP contribution in [-0.2, 0) is 4.79 Å². The molecule has 1 fully saturated rings. The fourth-order valence-corrected chi connectivity index (χ4v) is 2.85. The molecular formula is C17H21N3O. The lowest BCUT2D eigenvalue weighted by Gasteiger charge is -2.26. The molecular weight excluding hydrogens is 262 g/mol. The van der Waals surface area contributed by atoms with E-state index in [1.807, 2.05) is 23.1 Å². The van der Waals surface area contributed by atoms with Crippen molar-refractivity contribution in [3.63, 3.8) is 0 Å². The highest BCUT2D eigenvalue weighted by atomic mass is 16.2. The average Bonchev–Trinajstić information content (AvgIpc) is 2.56. The van der Waals surface area contributed by atoms with E-state index in [1.54, 1.807) is 6.20 Å². The molecule has 1 amide bonds. The van der Waals surface area contributed by atoms with Crippen LogP contribution in [0.25, 0.3) is 10.8 Å². The molecule has 1 aromatic heterocycles. The number of hydrogen-bond donors (Lipinski definition) is 1. The van der Waals surface area contributed by atoms with E-state index in [2.05, 4.69) is 22.4 Å². The molecule has 2 aromatic rings. The molecule has 0 radical (unpaired) electrons. The standard InChI is InChI=1S/C17H21N3O/c21-16(20-12-4-1-5-13-20)9-11-19-17-15-7-3-2-6-14(15)8-10-18-17/h2-3,6-8,10H,1,4-5,9,11-13H2,(H,18,19). The van der Waals surface area contributed by atoms with E-state index in [4.69, 9.17) is 0 Å². The molecule has 1 aliphatic heterocycles.